The summed E-state index contributed by atoms with van der Waals surface area (Å²) in [5.41, 5.74) is 9.45. The lowest BCUT2D eigenvalue weighted by Gasteiger charge is -2.20. The number of nitrogens with zero attached hydrogens (tertiary/aromatic N) is 2. The number of nitrogen functional groups attached to an aromatic ring is 1. The smallest absolute Gasteiger partial charge is 0.348 e. The molecule has 0 unspecified atom stereocenters. The number of carbonyl (C=O) groups is 2. The first-order valence-corrected chi connectivity index (χ1v) is 10.9. The second kappa shape index (κ2) is 8.74. The molecule has 0 radical (unpaired) electrons. The number of aryl methyl sites for hydroxylation is 1. The van der Waals surface area contributed by atoms with Crippen molar-refractivity contribution in [3.63, 3.8) is 0 Å². The fraction of sp³-hybridized carbons (Fsp3) is 0.304. The van der Waals surface area contributed by atoms with Gasteiger partial charge in [-0.15, -0.1) is 11.3 Å². The Balaban J connectivity index is 1.70. The van der Waals surface area contributed by atoms with Gasteiger partial charge in [0.15, 0.2) is 0 Å². The zero-order valence-corrected chi connectivity index (χ0v) is 17.9. The number of thiophene rings is 1. The molecule has 4 rings (SSSR count). The minimum atomic E-state index is -0.585. The molecule has 0 aliphatic heterocycles. The van der Waals surface area contributed by atoms with E-state index in [1.807, 2.05) is 30.3 Å². The summed E-state index contributed by atoms with van der Waals surface area (Å²) in [4.78, 5) is 30.5. The van der Waals surface area contributed by atoms with Gasteiger partial charge in [-0.25, -0.2) is 9.59 Å². The molecule has 7 nitrogen and oxygen atoms in total. The molecule has 8 heteroatoms. The van der Waals surface area contributed by atoms with Crippen LogP contribution in [0.15, 0.2) is 24.3 Å². The summed E-state index contributed by atoms with van der Waals surface area (Å²) in [6.07, 6.45) is 3.61. The number of carbonyl (C=O) groups excluding carboxylic acids is 2. The Hall–Kier alpha value is -3.44. The number of ether oxygens (including phenoxy) is 2. The van der Waals surface area contributed by atoms with E-state index in [2.05, 4.69) is 0 Å². The molecule has 0 amide bonds. The third-order valence-corrected chi connectivity index (χ3v) is 6.37. The van der Waals surface area contributed by atoms with Crippen LogP contribution in [0.4, 0.5) is 5.00 Å². The van der Waals surface area contributed by atoms with E-state index in [4.69, 9.17) is 20.2 Å². The van der Waals surface area contributed by atoms with Crippen LogP contribution in [-0.2, 0) is 28.9 Å². The summed E-state index contributed by atoms with van der Waals surface area (Å²) in [6.45, 7) is 1.64. The van der Waals surface area contributed by atoms with Gasteiger partial charge in [0, 0.05) is 16.6 Å². The van der Waals surface area contributed by atoms with Crippen molar-refractivity contribution in [2.24, 2.45) is 0 Å². The molecule has 3 aromatic rings. The van der Waals surface area contributed by atoms with Gasteiger partial charge in [-0.05, 0) is 44.2 Å². The number of benzene rings is 1. The van der Waals surface area contributed by atoms with Crippen molar-refractivity contribution in [3.8, 4) is 6.07 Å². The number of para-hydroxylation sites is 1. The van der Waals surface area contributed by atoms with Gasteiger partial charge in [-0.3, -0.25) is 4.98 Å². The molecule has 1 aliphatic rings. The summed E-state index contributed by atoms with van der Waals surface area (Å²) < 4.78 is 10.7. The first kappa shape index (κ1) is 20.8. The van der Waals surface area contributed by atoms with Crippen molar-refractivity contribution in [3.05, 3.63) is 57.1 Å². The fourth-order valence-electron chi connectivity index (χ4n) is 3.92. The summed E-state index contributed by atoms with van der Waals surface area (Å²) >= 11 is 0.966. The zero-order chi connectivity index (χ0) is 22.0. The Labute approximate surface area is 183 Å². The van der Waals surface area contributed by atoms with Crippen LogP contribution in [0.3, 0.4) is 0 Å². The summed E-state index contributed by atoms with van der Waals surface area (Å²) in [7, 11) is 0. The van der Waals surface area contributed by atoms with Gasteiger partial charge in [-0.1, -0.05) is 18.2 Å². The molecule has 0 bridgehead atoms. The molecule has 2 heterocycles. The van der Waals surface area contributed by atoms with Crippen LogP contribution in [0.1, 0.15) is 62.2 Å². The summed E-state index contributed by atoms with van der Waals surface area (Å²) in [5, 5.41) is 10.4. The topological polar surface area (TPSA) is 115 Å². The largest absolute Gasteiger partial charge is 0.462 e. The van der Waals surface area contributed by atoms with Crippen LogP contribution in [-0.4, -0.2) is 23.5 Å². The maximum absolute atomic E-state index is 13.2. The zero-order valence-electron chi connectivity index (χ0n) is 17.1. The van der Waals surface area contributed by atoms with E-state index in [0.717, 1.165) is 59.2 Å². The lowest BCUT2D eigenvalue weighted by molar-refractivity contribution is 0.0453. The van der Waals surface area contributed by atoms with E-state index in [1.165, 1.54) is 0 Å². The van der Waals surface area contributed by atoms with Crippen LogP contribution in [0, 0.1) is 11.3 Å². The number of rotatable bonds is 5. The van der Waals surface area contributed by atoms with E-state index in [-0.39, 0.29) is 34.2 Å². The fourth-order valence-corrected chi connectivity index (χ4v) is 4.84. The van der Waals surface area contributed by atoms with Crippen molar-refractivity contribution in [2.45, 2.75) is 39.2 Å². The van der Waals surface area contributed by atoms with Crippen molar-refractivity contribution in [2.75, 3.05) is 12.3 Å². The second-order valence-electron chi connectivity index (χ2n) is 7.19. The van der Waals surface area contributed by atoms with E-state index in [0.29, 0.717) is 5.56 Å². The monoisotopic (exact) mass is 435 g/mol. The number of fused-ring (bicyclic) bond motifs is 2. The highest BCUT2D eigenvalue weighted by Gasteiger charge is 2.27. The molecule has 2 N–H and O–H groups in total. The first-order chi connectivity index (χ1) is 15.0. The number of nitriles is 1. The van der Waals surface area contributed by atoms with E-state index in [9.17, 15) is 14.9 Å². The average Bonchev–Trinajstić information content (AvgIpc) is 3.11. The van der Waals surface area contributed by atoms with Crippen LogP contribution in [0.5, 0.6) is 0 Å². The van der Waals surface area contributed by atoms with Gasteiger partial charge >= 0.3 is 11.9 Å². The maximum atomic E-state index is 13.2. The molecule has 2 aromatic heterocycles. The number of hydrogen-bond acceptors (Lipinski definition) is 8. The number of pyridine rings is 1. The number of aromatic nitrogens is 1. The molecule has 0 atom stereocenters. The summed E-state index contributed by atoms with van der Waals surface area (Å²) in [5.74, 6) is -1.08. The lowest BCUT2D eigenvalue weighted by atomic mass is 9.90. The Morgan fingerprint density at radius 2 is 1.97 bits per heavy atom. The number of nitrogens with two attached hydrogens (primary N) is 1. The van der Waals surface area contributed by atoms with Crippen molar-refractivity contribution >= 4 is 39.2 Å². The minimum Gasteiger partial charge on any atom is -0.462 e. The number of hydrogen-bond donors (Lipinski definition) is 1. The standard InChI is InChI=1S/C23H21N3O4S/c1-2-29-23(28)20-16(15(11-24)21(25)31-20)12-30-22(27)19-13-7-3-5-9-17(13)26-18-10-6-4-8-14(18)19/h3,5,7,9H,2,4,6,8,10,12,25H2,1H3. The quantitative estimate of drug-likeness (QED) is 0.598. The highest BCUT2D eigenvalue weighted by molar-refractivity contribution is 7.18. The normalized spacial score (nSPS) is 12.8. The molecule has 0 spiro atoms. The van der Waals surface area contributed by atoms with Gasteiger partial charge in [0.25, 0.3) is 0 Å². The highest BCUT2D eigenvalue weighted by atomic mass is 32.1. The lowest BCUT2D eigenvalue weighted by Crippen LogP contribution is -2.16. The van der Waals surface area contributed by atoms with Gasteiger partial charge in [-0.2, -0.15) is 5.26 Å². The maximum Gasteiger partial charge on any atom is 0.348 e. The van der Waals surface area contributed by atoms with Crippen LogP contribution in [0.25, 0.3) is 10.9 Å². The molecule has 0 saturated carbocycles. The molecule has 0 fully saturated rings. The molecule has 31 heavy (non-hydrogen) atoms. The van der Waals surface area contributed by atoms with Crippen molar-refractivity contribution in [1.29, 1.82) is 5.26 Å². The average molecular weight is 436 g/mol. The predicted molar refractivity (Wildman–Crippen MR) is 117 cm³/mol. The Bertz CT molecular complexity index is 1230. The molecular weight excluding hydrogens is 414 g/mol. The summed E-state index contributed by atoms with van der Waals surface area (Å²) in [6, 6.07) is 9.50. The third-order valence-electron chi connectivity index (χ3n) is 5.33. The second-order valence-corrected chi connectivity index (χ2v) is 8.25. The van der Waals surface area contributed by atoms with E-state index >= 15 is 0 Å². The Morgan fingerprint density at radius 1 is 1.19 bits per heavy atom. The Morgan fingerprint density at radius 3 is 2.74 bits per heavy atom. The van der Waals surface area contributed by atoms with Crippen LogP contribution >= 0.6 is 11.3 Å². The van der Waals surface area contributed by atoms with Gasteiger partial charge < -0.3 is 15.2 Å². The van der Waals surface area contributed by atoms with E-state index in [1.54, 1.807) is 6.92 Å². The SMILES string of the molecule is CCOC(=O)c1sc(N)c(C#N)c1COC(=O)c1c2c(nc3ccccc13)CCCC2. The van der Waals surface area contributed by atoms with Gasteiger partial charge in [0.1, 0.15) is 22.6 Å². The molecule has 0 saturated heterocycles. The number of anilines is 1. The molecule has 1 aromatic carbocycles. The highest BCUT2D eigenvalue weighted by Crippen LogP contribution is 2.33. The number of esters is 2. The van der Waals surface area contributed by atoms with Crippen molar-refractivity contribution in [1.82, 2.24) is 4.98 Å². The third kappa shape index (κ3) is 3.84. The van der Waals surface area contributed by atoms with Crippen molar-refractivity contribution < 1.29 is 19.1 Å². The minimum absolute atomic E-state index is 0.141. The van der Waals surface area contributed by atoms with Crippen LogP contribution in [0.2, 0.25) is 0 Å². The molecular formula is C23H21N3O4S. The van der Waals surface area contributed by atoms with E-state index < -0.39 is 11.9 Å². The van der Waals surface area contributed by atoms with Crippen LogP contribution < -0.4 is 5.73 Å². The van der Waals surface area contributed by atoms with Gasteiger partial charge in [0.05, 0.1) is 23.3 Å². The Kier molecular flexibility index (Phi) is 5.87. The molecule has 158 valence electrons. The van der Waals surface area contributed by atoms with Gasteiger partial charge in [0.2, 0.25) is 0 Å². The first-order valence-electron chi connectivity index (χ1n) is 10.1. The predicted octanol–water partition coefficient (Wildman–Crippen LogP) is 4.16. The molecule has 1 aliphatic carbocycles.